The van der Waals surface area contributed by atoms with Gasteiger partial charge in [-0.15, -0.1) is 0 Å². The Balaban J connectivity index is 1.03. The predicted molar refractivity (Wildman–Crippen MR) is 173 cm³/mol. The zero-order valence-electron chi connectivity index (χ0n) is 27.4. The van der Waals surface area contributed by atoms with Gasteiger partial charge >= 0.3 is 7.60 Å². The molecule has 4 unspecified atom stereocenters. The molecular weight excluding hydrogens is 591 g/mol. The molecule has 0 spiro atoms. The van der Waals surface area contributed by atoms with Gasteiger partial charge in [0.05, 0.1) is 18.1 Å². The van der Waals surface area contributed by atoms with Crippen molar-refractivity contribution in [1.29, 1.82) is 0 Å². The van der Waals surface area contributed by atoms with Crippen LogP contribution < -0.4 is 0 Å². The maximum atomic E-state index is 14.3. The summed E-state index contributed by atoms with van der Waals surface area (Å²) in [5.74, 6) is 3.26. The molecule has 0 aliphatic heterocycles. The van der Waals surface area contributed by atoms with Gasteiger partial charge in [-0.3, -0.25) is 8.75 Å². The summed E-state index contributed by atoms with van der Waals surface area (Å²) in [6.45, 7) is 7.29. The van der Waals surface area contributed by atoms with E-state index in [-0.39, 0.29) is 15.7 Å². The van der Waals surface area contributed by atoms with Gasteiger partial charge in [-0.2, -0.15) is 8.42 Å². The first kappa shape index (κ1) is 31.9. The van der Waals surface area contributed by atoms with Gasteiger partial charge in [0, 0.05) is 0 Å². The minimum absolute atomic E-state index is 0.0616. The third-order valence-corrected chi connectivity index (χ3v) is 16.7. The van der Waals surface area contributed by atoms with Crippen LogP contribution in [0.15, 0.2) is 29.2 Å². The topological polar surface area (TPSA) is 78.9 Å². The van der Waals surface area contributed by atoms with E-state index in [2.05, 4.69) is 13.8 Å². The van der Waals surface area contributed by atoms with Gasteiger partial charge in [0.2, 0.25) is 0 Å². The molecule has 8 heteroatoms. The Morgan fingerprint density at radius 3 is 1.52 bits per heavy atom. The van der Waals surface area contributed by atoms with E-state index < -0.39 is 24.1 Å². The molecule has 0 amide bonds. The molecule has 0 N–H and O–H groups in total. The van der Waals surface area contributed by atoms with Crippen molar-refractivity contribution in [3.8, 4) is 0 Å². The summed E-state index contributed by atoms with van der Waals surface area (Å²) in [6, 6.07) is 6.55. The molecule has 1 aromatic carbocycles. The first-order valence-corrected chi connectivity index (χ1v) is 20.9. The molecule has 6 nitrogen and oxygen atoms in total. The molecule has 1 aromatic rings. The molecule has 8 aliphatic rings. The molecule has 0 radical (unpaired) electrons. The van der Waals surface area contributed by atoms with Crippen molar-refractivity contribution < 1.29 is 26.2 Å². The van der Waals surface area contributed by atoms with Crippen molar-refractivity contribution in [3.63, 3.8) is 0 Å². The van der Waals surface area contributed by atoms with Crippen LogP contribution in [0.25, 0.3) is 0 Å². The Bertz CT molecular complexity index is 1280. The fraction of sp³-hybridized carbons (Fsp3) is 0.833. The Morgan fingerprint density at radius 2 is 1.11 bits per heavy atom. The highest BCUT2D eigenvalue weighted by Crippen LogP contribution is 2.69. The number of benzene rings is 1. The largest absolute Gasteiger partial charge is 0.357 e. The lowest BCUT2D eigenvalue weighted by Crippen LogP contribution is -2.52. The molecule has 0 heterocycles. The maximum absolute atomic E-state index is 14.3. The summed E-state index contributed by atoms with van der Waals surface area (Å²) in [5, 5.41) is 0. The van der Waals surface area contributed by atoms with Crippen LogP contribution in [0.2, 0.25) is 0 Å². The van der Waals surface area contributed by atoms with Crippen LogP contribution in [-0.2, 0) is 27.9 Å². The lowest BCUT2D eigenvalue weighted by Gasteiger charge is -2.62. The second-order valence-electron chi connectivity index (χ2n) is 16.9. The highest BCUT2D eigenvalue weighted by Gasteiger charge is 2.58. The number of rotatable bonds is 14. The Morgan fingerprint density at radius 1 is 0.705 bits per heavy atom. The summed E-state index contributed by atoms with van der Waals surface area (Å²) in [5.41, 5.74) is 2.43. The molecule has 8 saturated carbocycles. The molecule has 8 fully saturated rings. The van der Waals surface area contributed by atoms with E-state index in [0.29, 0.717) is 24.0 Å². The molecule has 0 aromatic heterocycles. The highest BCUT2D eigenvalue weighted by molar-refractivity contribution is 7.87. The van der Waals surface area contributed by atoms with Gasteiger partial charge in [-0.25, -0.2) is 0 Å². The van der Waals surface area contributed by atoms with Gasteiger partial charge in [0.25, 0.3) is 10.1 Å². The summed E-state index contributed by atoms with van der Waals surface area (Å²) < 4.78 is 58.3. The smallest absolute Gasteiger partial charge is 0.307 e. The SMILES string of the molecule is CCC12CC3CC(C1)CC(CCOP(=O)(COS(=O)(=O)c1ccc(C)cc1)OCCC14CC5CC(CC(CC)(C5)C1)C4)(C3)C2. The van der Waals surface area contributed by atoms with E-state index in [1.54, 1.807) is 12.1 Å². The van der Waals surface area contributed by atoms with Crippen LogP contribution in [0.1, 0.15) is 122 Å². The molecule has 8 aliphatic carbocycles. The molecule has 0 saturated heterocycles. The van der Waals surface area contributed by atoms with Gasteiger partial charge in [-0.1, -0.05) is 44.4 Å². The minimum Gasteiger partial charge on any atom is -0.307 e. The van der Waals surface area contributed by atoms with E-state index in [1.165, 1.54) is 102 Å². The van der Waals surface area contributed by atoms with Gasteiger partial charge in [0.15, 0.2) is 6.35 Å². The monoisotopic (exact) mass is 646 g/mol. The second kappa shape index (κ2) is 11.5. The minimum atomic E-state index is -4.09. The molecule has 44 heavy (non-hydrogen) atoms. The summed E-state index contributed by atoms with van der Waals surface area (Å²) in [7, 11) is -7.90. The van der Waals surface area contributed by atoms with Crippen LogP contribution in [0.4, 0.5) is 0 Å². The van der Waals surface area contributed by atoms with E-state index in [9.17, 15) is 13.0 Å². The summed E-state index contributed by atoms with van der Waals surface area (Å²) in [6.07, 6.45) is 19.4. The van der Waals surface area contributed by atoms with E-state index in [0.717, 1.165) is 42.1 Å². The first-order chi connectivity index (χ1) is 20.9. The first-order valence-electron chi connectivity index (χ1n) is 17.7. The van der Waals surface area contributed by atoms with Crippen molar-refractivity contribution in [3.05, 3.63) is 29.8 Å². The normalized spacial score (nSPS) is 41.7. The van der Waals surface area contributed by atoms with Gasteiger partial charge in [0.1, 0.15) is 0 Å². The molecular formula is C36H55O6PS. The molecule has 9 rings (SSSR count). The molecule has 4 atom stereocenters. The Kier molecular flexibility index (Phi) is 8.30. The zero-order valence-corrected chi connectivity index (χ0v) is 29.1. The third kappa shape index (κ3) is 6.16. The van der Waals surface area contributed by atoms with E-state index in [4.69, 9.17) is 13.2 Å². The Labute approximate surface area is 266 Å². The second-order valence-corrected chi connectivity index (χ2v) is 20.5. The number of hydrogen-bond donors (Lipinski definition) is 0. The lowest BCUT2D eigenvalue weighted by atomic mass is 9.43. The number of aryl methyl sites for hydroxylation is 1. The number of hydrogen-bond acceptors (Lipinski definition) is 6. The quantitative estimate of drug-likeness (QED) is 0.148. The van der Waals surface area contributed by atoms with Crippen LogP contribution >= 0.6 is 7.60 Å². The zero-order chi connectivity index (χ0) is 30.8. The maximum Gasteiger partial charge on any atom is 0.357 e. The van der Waals surface area contributed by atoms with Crippen molar-refractivity contribution in [2.75, 3.05) is 19.6 Å². The molecule has 8 bridgehead atoms. The predicted octanol–water partition coefficient (Wildman–Crippen LogP) is 9.66. The standard InChI is InChI=1S/C36H55O6PS/c1-4-33-16-28-14-29(17-33)21-35(20-28,24-33)10-12-40-43(37,26-42-44(38,39)32-8-6-27(3)7-9-32)41-13-11-36-22-30-15-31(23-36)19-34(5-2,18-30)25-36/h6-9,28-31H,4-5,10-26H2,1-3H3. The van der Waals surface area contributed by atoms with Crippen molar-refractivity contribution in [1.82, 2.24) is 0 Å². The fourth-order valence-corrected chi connectivity index (χ4v) is 15.2. The van der Waals surface area contributed by atoms with Crippen molar-refractivity contribution in [2.45, 2.75) is 128 Å². The van der Waals surface area contributed by atoms with Crippen LogP contribution in [0.5, 0.6) is 0 Å². The van der Waals surface area contributed by atoms with Gasteiger partial charge < -0.3 is 9.05 Å². The van der Waals surface area contributed by atoms with Crippen molar-refractivity contribution in [2.24, 2.45) is 45.3 Å². The van der Waals surface area contributed by atoms with E-state index >= 15 is 0 Å². The Hall–Kier alpha value is -0.720. The summed E-state index contributed by atoms with van der Waals surface area (Å²) >= 11 is 0. The third-order valence-electron chi connectivity index (χ3n) is 13.6. The van der Waals surface area contributed by atoms with Crippen LogP contribution in [0.3, 0.4) is 0 Å². The fourth-order valence-electron chi connectivity index (χ4n) is 12.5. The van der Waals surface area contributed by atoms with Crippen LogP contribution in [-0.4, -0.2) is 28.0 Å². The highest BCUT2D eigenvalue weighted by atomic mass is 32.2. The van der Waals surface area contributed by atoms with Crippen molar-refractivity contribution >= 4 is 17.7 Å². The molecule has 246 valence electrons. The lowest BCUT2D eigenvalue weighted by molar-refractivity contribution is -0.120. The van der Waals surface area contributed by atoms with Crippen LogP contribution in [0, 0.1) is 52.3 Å². The average Bonchev–Trinajstić information content (AvgIpc) is 2.95. The van der Waals surface area contributed by atoms with E-state index in [1.807, 2.05) is 6.92 Å². The summed E-state index contributed by atoms with van der Waals surface area (Å²) in [4.78, 5) is 0.0616. The van der Waals surface area contributed by atoms with Gasteiger partial charge in [-0.05, 0) is 154 Å². The average molecular weight is 647 g/mol.